The molecule has 2 rings (SSSR count). The minimum absolute atomic E-state index is 0.0887. The monoisotopic (exact) mass is 190 g/mol. The van der Waals surface area contributed by atoms with Crippen molar-refractivity contribution in [3.63, 3.8) is 0 Å². The van der Waals surface area contributed by atoms with Crippen molar-refractivity contribution in [3.05, 3.63) is 0 Å². The van der Waals surface area contributed by atoms with Gasteiger partial charge in [0.15, 0.2) is 0 Å². The van der Waals surface area contributed by atoms with Crippen LogP contribution in [0.4, 0.5) is 0 Å². The molecule has 0 aliphatic carbocycles. The molecule has 2 heterocycles. The van der Waals surface area contributed by atoms with Crippen LogP contribution in [-0.2, 0) is 20.3 Å². The summed E-state index contributed by atoms with van der Waals surface area (Å²) in [6.45, 7) is 3.47. The summed E-state index contributed by atoms with van der Waals surface area (Å²) in [6, 6.07) is 0. The van der Waals surface area contributed by atoms with Gasteiger partial charge in [0.1, 0.15) is 6.10 Å². The van der Waals surface area contributed by atoms with Crippen LogP contribution in [0.5, 0.6) is 0 Å². The van der Waals surface area contributed by atoms with Crippen LogP contribution in [0.25, 0.3) is 0 Å². The number of fused-ring (bicyclic) bond motifs is 1. The van der Waals surface area contributed by atoms with Gasteiger partial charge in [-0.15, -0.1) is 0 Å². The van der Waals surface area contributed by atoms with Gasteiger partial charge in [0.25, 0.3) is 0 Å². The van der Waals surface area contributed by atoms with Crippen molar-refractivity contribution in [2.45, 2.75) is 24.4 Å². The Labute approximate surface area is 74.9 Å². The maximum absolute atomic E-state index is 11.2. The van der Waals surface area contributed by atoms with Crippen LogP contribution >= 0.6 is 0 Å². The minimum atomic E-state index is -0.816. The van der Waals surface area contributed by atoms with Gasteiger partial charge in [-0.1, -0.05) is 6.92 Å². The van der Waals surface area contributed by atoms with Gasteiger partial charge in [-0.3, -0.25) is 4.21 Å². The first kappa shape index (κ1) is 8.66. The lowest BCUT2D eigenvalue weighted by molar-refractivity contribution is 0.0660. The van der Waals surface area contributed by atoms with Gasteiger partial charge in [0.05, 0.1) is 24.6 Å². The summed E-state index contributed by atoms with van der Waals surface area (Å²) in [6.07, 6.45) is 2.01. The highest BCUT2D eigenvalue weighted by atomic mass is 32.2. The topological polar surface area (TPSA) is 35.5 Å². The molecular formula is C8H14O3S. The van der Waals surface area contributed by atoms with Gasteiger partial charge in [-0.2, -0.15) is 0 Å². The maximum Gasteiger partial charge on any atom is 0.101 e. The third kappa shape index (κ3) is 1.22. The molecule has 0 aromatic carbocycles. The zero-order valence-electron chi connectivity index (χ0n) is 7.36. The molecule has 12 heavy (non-hydrogen) atoms. The van der Waals surface area contributed by atoms with Gasteiger partial charge in [0.2, 0.25) is 0 Å². The van der Waals surface area contributed by atoms with Crippen molar-refractivity contribution >= 4 is 10.8 Å². The fourth-order valence-corrected chi connectivity index (χ4v) is 2.82. The minimum Gasteiger partial charge on any atom is -0.374 e. The van der Waals surface area contributed by atoms with Crippen molar-refractivity contribution in [1.82, 2.24) is 0 Å². The molecule has 2 fully saturated rings. The van der Waals surface area contributed by atoms with Crippen LogP contribution in [0.2, 0.25) is 0 Å². The molecule has 2 aliphatic rings. The first-order chi connectivity index (χ1) is 5.70. The molecule has 5 unspecified atom stereocenters. The number of hydrogen-bond acceptors (Lipinski definition) is 3. The second-order valence-electron chi connectivity index (χ2n) is 3.61. The van der Waals surface area contributed by atoms with E-state index in [0.29, 0.717) is 12.5 Å². The van der Waals surface area contributed by atoms with E-state index in [1.54, 1.807) is 6.26 Å². The summed E-state index contributed by atoms with van der Waals surface area (Å²) in [5.41, 5.74) is 0. The Bertz CT molecular complexity index is 206. The molecule has 2 saturated heterocycles. The highest BCUT2D eigenvalue weighted by molar-refractivity contribution is 7.85. The van der Waals surface area contributed by atoms with E-state index in [1.165, 1.54) is 0 Å². The molecule has 2 aliphatic heterocycles. The number of rotatable bonds is 1. The van der Waals surface area contributed by atoms with Crippen molar-refractivity contribution in [1.29, 1.82) is 0 Å². The van der Waals surface area contributed by atoms with Gasteiger partial charge < -0.3 is 9.47 Å². The maximum atomic E-state index is 11.2. The van der Waals surface area contributed by atoms with Gasteiger partial charge in [-0.05, 0) is 0 Å². The molecule has 0 N–H and O–H groups in total. The van der Waals surface area contributed by atoms with E-state index >= 15 is 0 Å². The third-order valence-electron chi connectivity index (χ3n) is 2.68. The zero-order chi connectivity index (χ0) is 8.72. The molecule has 4 heteroatoms. The van der Waals surface area contributed by atoms with Crippen molar-refractivity contribution in [3.8, 4) is 0 Å². The average molecular weight is 190 g/mol. The molecule has 5 atom stereocenters. The smallest absolute Gasteiger partial charge is 0.101 e. The summed E-state index contributed by atoms with van der Waals surface area (Å²) >= 11 is 0. The Kier molecular flexibility index (Phi) is 2.23. The van der Waals surface area contributed by atoms with Crippen LogP contribution in [0.1, 0.15) is 6.92 Å². The van der Waals surface area contributed by atoms with E-state index in [0.717, 1.165) is 6.61 Å². The Hall–Kier alpha value is 0.0700. The summed E-state index contributed by atoms with van der Waals surface area (Å²) < 4.78 is 22.3. The van der Waals surface area contributed by atoms with E-state index in [-0.39, 0.29) is 17.5 Å². The molecule has 3 nitrogen and oxygen atoms in total. The van der Waals surface area contributed by atoms with E-state index in [9.17, 15) is 4.21 Å². The second kappa shape index (κ2) is 3.09. The van der Waals surface area contributed by atoms with E-state index in [4.69, 9.17) is 9.47 Å². The summed E-state index contributed by atoms with van der Waals surface area (Å²) in [5, 5.41) is 0.0972. The first-order valence-corrected chi connectivity index (χ1v) is 5.87. The summed E-state index contributed by atoms with van der Waals surface area (Å²) in [5.74, 6) is 0.462. The Morgan fingerprint density at radius 1 is 1.25 bits per heavy atom. The largest absolute Gasteiger partial charge is 0.374 e. The molecule has 0 saturated carbocycles. The van der Waals surface area contributed by atoms with Crippen LogP contribution in [0, 0.1) is 5.92 Å². The lowest BCUT2D eigenvalue weighted by atomic mass is 10.0. The van der Waals surface area contributed by atoms with E-state index in [1.807, 2.05) is 0 Å². The van der Waals surface area contributed by atoms with E-state index < -0.39 is 10.8 Å². The Morgan fingerprint density at radius 3 is 2.58 bits per heavy atom. The molecule has 0 aromatic rings. The third-order valence-corrected chi connectivity index (χ3v) is 3.94. The van der Waals surface area contributed by atoms with Crippen molar-refractivity contribution < 1.29 is 13.7 Å². The molecule has 0 spiro atoms. The average Bonchev–Trinajstić information content (AvgIpc) is 2.53. The quantitative estimate of drug-likeness (QED) is 0.591. The lowest BCUT2D eigenvalue weighted by Crippen LogP contribution is -2.31. The van der Waals surface area contributed by atoms with Gasteiger partial charge in [-0.25, -0.2) is 0 Å². The highest BCUT2D eigenvalue weighted by Crippen LogP contribution is 2.32. The zero-order valence-corrected chi connectivity index (χ0v) is 8.17. The SMILES string of the molecule is CC1COC2C1OCC2S(C)=O. The molecule has 0 amide bonds. The van der Waals surface area contributed by atoms with Crippen LogP contribution in [-0.4, -0.2) is 41.1 Å². The Morgan fingerprint density at radius 2 is 1.92 bits per heavy atom. The number of hydrogen-bond donors (Lipinski definition) is 0. The molecule has 70 valence electrons. The van der Waals surface area contributed by atoms with Crippen molar-refractivity contribution in [2.75, 3.05) is 19.5 Å². The van der Waals surface area contributed by atoms with Crippen LogP contribution < -0.4 is 0 Å². The fraction of sp³-hybridized carbons (Fsp3) is 1.00. The lowest BCUT2D eigenvalue weighted by Gasteiger charge is -2.12. The summed E-state index contributed by atoms with van der Waals surface area (Å²) in [7, 11) is -0.816. The standard InChI is InChI=1S/C8H14O3S/c1-5-3-10-8-6(12(2)9)4-11-7(5)8/h5-8H,3-4H2,1-2H3. The highest BCUT2D eigenvalue weighted by Gasteiger charge is 2.47. The molecule has 0 radical (unpaired) electrons. The predicted molar refractivity (Wildman–Crippen MR) is 46.5 cm³/mol. The van der Waals surface area contributed by atoms with Crippen LogP contribution in [0.3, 0.4) is 0 Å². The van der Waals surface area contributed by atoms with Crippen molar-refractivity contribution in [2.24, 2.45) is 5.92 Å². The second-order valence-corrected chi connectivity index (χ2v) is 5.21. The van der Waals surface area contributed by atoms with Crippen LogP contribution in [0.15, 0.2) is 0 Å². The normalized spacial score (nSPS) is 49.2. The van der Waals surface area contributed by atoms with Gasteiger partial charge in [0, 0.05) is 23.0 Å². The Balaban J connectivity index is 2.10. The fourth-order valence-electron chi connectivity index (χ4n) is 1.94. The first-order valence-electron chi connectivity index (χ1n) is 4.25. The molecular weight excluding hydrogens is 176 g/mol. The van der Waals surface area contributed by atoms with Gasteiger partial charge >= 0.3 is 0 Å². The van der Waals surface area contributed by atoms with E-state index in [2.05, 4.69) is 6.92 Å². The summed E-state index contributed by atoms with van der Waals surface area (Å²) in [4.78, 5) is 0. The molecule has 0 aromatic heterocycles. The predicted octanol–water partition coefficient (Wildman–Crippen LogP) is 0.167. The molecule has 0 bridgehead atoms. The number of ether oxygens (including phenoxy) is 2.